The van der Waals surface area contributed by atoms with Crippen LogP contribution >= 0.6 is 11.6 Å². The van der Waals surface area contributed by atoms with E-state index < -0.39 is 0 Å². The van der Waals surface area contributed by atoms with Crippen LogP contribution in [0.3, 0.4) is 0 Å². The van der Waals surface area contributed by atoms with Gasteiger partial charge in [0, 0.05) is 24.2 Å². The van der Waals surface area contributed by atoms with E-state index in [0.717, 1.165) is 36.5 Å². The number of carbonyl (C=O) groups excluding carboxylic acids is 1. The van der Waals surface area contributed by atoms with Gasteiger partial charge in [0.2, 0.25) is 5.91 Å². The molecule has 0 bridgehead atoms. The first-order valence-corrected chi connectivity index (χ1v) is 8.26. The molecule has 1 saturated heterocycles. The smallest absolute Gasteiger partial charge is 0.239 e. The molecule has 1 aliphatic rings. The minimum Gasteiger partial charge on any atom is -0.341 e. The molecule has 0 spiro atoms. The van der Waals surface area contributed by atoms with E-state index in [0.29, 0.717) is 0 Å². The minimum absolute atomic E-state index is 0.133. The van der Waals surface area contributed by atoms with Gasteiger partial charge in [-0.3, -0.25) is 10.1 Å². The lowest BCUT2D eigenvalue weighted by Gasteiger charge is -2.27. The Morgan fingerprint density at radius 3 is 2.24 bits per heavy atom. The van der Waals surface area contributed by atoms with E-state index in [-0.39, 0.29) is 18.0 Å². The highest BCUT2D eigenvalue weighted by Crippen LogP contribution is 2.17. The zero-order valence-corrected chi connectivity index (χ0v) is 13.7. The van der Waals surface area contributed by atoms with Crippen molar-refractivity contribution in [3.63, 3.8) is 0 Å². The van der Waals surface area contributed by atoms with Gasteiger partial charge in [-0.1, -0.05) is 36.6 Å². The van der Waals surface area contributed by atoms with Crippen molar-refractivity contribution >= 4 is 17.5 Å². The van der Waals surface area contributed by atoms with Crippen molar-refractivity contribution in [2.24, 2.45) is 0 Å². The third-order valence-corrected chi connectivity index (χ3v) is 4.41. The molecule has 0 radical (unpaired) electrons. The molecule has 1 fully saturated rings. The van der Waals surface area contributed by atoms with Crippen LogP contribution < -0.4 is 5.32 Å². The zero-order valence-electron chi connectivity index (χ0n) is 12.9. The SMILES string of the molecule is CC(N[C@@H](C)c1ccc(Cl)cc1)C(=O)N1CCCCCC1. The molecule has 2 atom stereocenters. The fourth-order valence-electron chi connectivity index (χ4n) is 2.86. The highest BCUT2D eigenvalue weighted by Gasteiger charge is 2.22. The number of hydrogen-bond acceptors (Lipinski definition) is 2. The summed E-state index contributed by atoms with van der Waals surface area (Å²) < 4.78 is 0. The van der Waals surface area contributed by atoms with Crippen molar-refractivity contribution in [3.05, 3.63) is 34.9 Å². The molecular formula is C17H25ClN2O. The summed E-state index contributed by atoms with van der Waals surface area (Å²) >= 11 is 5.91. The maximum absolute atomic E-state index is 12.5. The summed E-state index contributed by atoms with van der Waals surface area (Å²) in [5.41, 5.74) is 1.15. The molecule has 1 aliphatic heterocycles. The number of nitrogens with one attached hydrogen (secondary N) is 1. The van der Waals surface area contributed by atoms with E-state index >= 15 is 0 Å². The fourth-order valence-corrected chi connectivity index (χ4v) is 2.98. The Hall–Kier alpha value is -1.06. The lowest BCUT2D eigenvalue weighted by molar-refractivity contribution is -0.133. The van der Waals surface area contributed by atoms with Crippen molar-refractivity contribution in [2.75, 3.05) is 13.1 Å². The van der Waals surface area contributed by atoms with Crippen molar-refractivity contribution in [1.82, 2.24) is 10.2 Å². The molecule has 1 aromatic carbocycles. The van der Waals surface area contributed by atoms with Crippen molar-refractivity contribution < 1.29 is 4.79 Å². The first-order chi connectivity index (χ1) is 10.1. The maximum atomic E-state index is 12.5. The Kier molecular flexibility index (Phi) is 6.07. The monoisotopic (exact) mass is 308 g/mol. The number of halogens is 1. The quantitative estimate of drug-likeness (QED) is 0.918. The lowest BCUT2D eigenvalue weighted by Crippen LogP contribution is -2.45. The molecule has 0 saturated carbocycles. The summed E-state index contributed by atoms with van der Waals surface area (Å²) in [7, 11) is 0. The van der Waals surface area contributed by atoms with Gasteiger partial charge in [-0.25, -0.2) is 0 Å². The van der Waals surface area contributed by atoms with Gasteiger partial charge in [0.05, 0.1) is 6.04 Å². The zero-order chi connectivity index (χ0) is 15.2. The van der Waals surface area contributed by atoms with E-state index in [9.17, 15) is 4.79 Å². The number of amides is 1. The molecule has 2 rings (SSSR count). The molecule has 1 aromatic rings. The lowest BCUT2D eigenvalue weighted by atomic mass is 10.1. The van der Waals surface area contributed by atoms with Gasteiger partial charge in [0.25, 0.3) is 0 Å². The number of hydrogen-bond donors (Lipinski definition) is 1. The standard InChI is InChI=1S/C17H25ClN2O/c1-13(15-7-9-16(18)10-8-15)19-14(2)17(21)20-11-5-3-4-6-12-20/h7-10,13-14,19H,3-6,11-12H2,1-2H3/t13-,14?/m0/s1. The fraction of sp³-hybridized carbons (Fsp3) is 0.588. The highest BCUT2D eigenvalue weighted by atomic mass is 35.5. The van der Waals surface area contributed by atoms with Gasteiger partial charge >= 0.3 is 0 Å². The van der Waals surface area contributed by atoms with Crippen LogP contribution in [-0.4, -0.2) is 29.9 Å². The third-order valence-electron chi connectivity index (χ3n) is 4.16. The molecule has 1 N–H and O–H groups in total. The normalized spacial score (nSPS) is 18.9. The molecular weight excluding hydrogens is 284 g/mol. The van der Waals surface area contributed by atoms with Gasteiger partial charge < -0.3 is 4.90 Å². The van der Waals surface area contributed by atoms with E-state index in [1.54, 1.807) is 0 Å². The Balaban J connectivity index is 1.91. The summed E-state index contributed by atoms with van der Waals surface area (Å²) in [5, 5.41) is 4.13. The molecule has 4 heteroatoms. The maximum Gasteiger partial charge on any atom is 0.239 e. The van der Waals surface area contributed by atoms with Crippen LogP contribution in [0.25, 0.3) is 0 Å². The first-order valence-electron chi connectivity index (χ1n) is 7.88. The Labute approximate surface area is 132 Å². The highest BCUT2D eigenvalue weighted by molar-refractivity contribution is 6.30. The molecule has 0 aromatic heterocycles. The molecule has 1 heterocycles. The Bertz CT molecular complexity index is 452. The predicted molar refractivity (Wildman–Crippen MR) is 87.5 cm³/mol. The van der Waals surface area contributed by atoms with Crippen LogP contribution in [0.2, 0.25) is 5.02 Å². The summed E-state index contributed by atoms with van der Waals surface area (Å²) in [6.45, 7) is 5.84. The van der Waals surface area contributed by atoms with Crippen LogP contribution in [0.1, 0.15) is 51.1 Å². The molecule has 21 heavy (non-hydrogen) atoms. The second-order valence-corrected chi connectivity index (χ2v) is 6.34. The molecule has 1 amide bonds. The molecule has 116 valence electrons. The predicted octanol–water partition coefficient (Wildman–Crippen LogP) is 3.78. The van der Waals surface area contributed by atoms with Gasteiger partial charge in [-0.05, 0) is 44.4 Å². The van der Waals surface area contributed by atoms with E-state index in [1.165, 1.54) is 12.8 Å². The van der Waals surface area contributed by atoms with Crippen LogP contribution in [0.5, 0.6) is 0 Å². The van der Waals surface area contributed by atoms with Crippen LogP contribution in [0, 0.1) is 0 Å². The summed E-state index contributed by atoms with van der Waals surface area (Å²) in [4.78, 5) is 14.5. The molecule has 0 aliphatic carbocycles. The van der Waals surface area contributed by atoms with Gasteiger partial charge in [-0.2, -0.15) is 0 Å². The van der Waals surface area contributed by atoms with Gasteiger partial charge in [0.15, 0.2) is 0 Å². The number of rotatable bonds is 4. The second kappa shape index (κ2) is 7.81. The van der Waals surface area contributed by atoms with Gasteiger partial charge in [-0.15, -0.1) is 0 Å². The summed E-state index contributed by atoms with van der Waals surface area (Å²) in [6, 6.07) is 7.75. The Morgan fingerprint density at radius 1 is 1.10 bits per heavy atom. The van der Waals surface area contributed by atoms with Crippen LogP contribution in [0.15, 0.2) is 24.3 Å². The third kappa shape index (κ3) is 4.72. The number of benzene rings is 1. The van der Waals surface area contributed by atoms with E-state index in [4.69, 9.17) is 11.6 Å². The molecule has 1 unspecified atom stereocenters. The van der Waals surface area contributed by atoms with Crippen molar-refractivity contribution in [2.45, 2.75) is 51.6 Å². The summed E-state index contributed by atoms with van der Waals surface area (Å²) in [5.74, 6) is 0.220. The average molecular weight is 309 g/mol. The first kappa shape index (κ1) is 16.3. The van der Waals surface area contributed by atoms with Crippen molar-refractivity contribution in [1.29, 1.82) is 0 Å². The number of nitrogens with zero attached hydrogens (tertiary/aromatic N) is 1. The van der Waals surface area contributed by atoms with Crippen molar-refractivity contribution in [3.8, 4) is 0 Å². The van der Waals surface area contributed by atoms with Gasteiger partial charge in [0.1, 0.15) is 0 Å². The van der Waals surface area contributed by atoms with E-state index in [2.05, 4.69) is 12.2 Å². The summed E-state index contributed by atoms with van der Waals surface area (Å²) in [6.07, 6.45) is 4.75. The van der Waals surface area contributed by atoms with E-state index in [1.807, 2.05) is 36.1 Å². The largest absolute Gasteiger partial charge is 0.341 e. The second-order valence-electron chi connectivity index (χ2n) is 5.90. The topological polar surface area (TPSA) is 32.3 Å². The number of carbonyl (C=O) groups is 1. The van der Waals surface area contributed by atoms with Crippen LogP contribution in [-0.2, 0) is 4.79 Å². The minimum atomic E-state index is -0.159. The Morgan fingerprint density at radius 2 is 1.67 bits per heavy atom. The average Bonchev–Trinajstić information content (AvgIpc) is 2.76. The number of likely N-dealkylation sites (tertiary alicyclic amines) is 1. The molecule has 3 nitrogen and oxygen atoms in total. The van der Waals surface area contributed by atoms with Crippen LogP contribution in [0.4, 0.5) is 0 Å².